The first-order valence-corrected chi connectivity index (χ1v) is 9.12. The monoisotopic (exact) mass is 426 g/mol. The molecule has 0 amide bonds. The Balaban J connectivity index is 2.39. The van der Waals surface area contributed by atoms with Gasteiger partial charge in [-0.15, -0.1) is 0 Å². The van der Waals surface area contributed by atoms with E-state index in [4.69, 9.17) is 5.26 Å². The molecule has 0 radical (unpaired) electrons. The lowest BCUT2D eigenvalue weighted by Gasteiger charge is -2.11. The van der Waals surface area contributed by atoms with Crippen LogP contribution < -0.4 is 4.72 Å². The average molecular weight is 427 g/mol. The van der Waals surface area contributed by atoms with E-state index in [1.54, 1.807) is 12.1 Å². The Morgan fingerprint density at radius 2 is 1.96 bits per heavy atom. The molecule has 2 aromatic carbocycles. The molecule has 0 heterocycles. The maximum atomic E-state index is 14.1. The van der Waals surface area contributed by atoms with Gasteiger partial charge in [-0.2, -0.15) is 5.26 Å². The van der Waals surface area contributed by atoms with E-state index in [1.165, 1.54) is 12.1 Å². The number of ether oxygens (including phenoxy) is 1. The van der Waals surface area contributed by atoms with Crippen molar-refractivity contribution < 1.29 is 22.3 Å². The molecule has 0 saturated carbocycles. The third-order valence-corrected chi connectivity index (χ3v) is 5.26. The van der Waals surface area contributed by atoms with Crippen LogP contribution in [0.5, 0.6) is 0 Å². The largest absolute Gasteiger partial charge is 0.465 e. The Morgan fingerprint density at radius 3 is 2.52 bits per heavy atom. The number of benzene rings is 2. The second-order valence-electron chi connectivity index (χ2n) is 4.89. The first-order chi connectivity index (χ1) is 11.8. The van der Waals surface area contributed by atoms with Crippen molar-refractivity contribution in [3.8, 4) is 6.07 Å². The molecule has 0 aliphatic heterocycles. The quantitative estimate of drug-likeness (QED) is 0.740. The Morgan fingerprint density at radius 1 is 1.32 bits per heavy atom. The summed E-state index contributed by atoms with van der Waals surface area (Å²) in [4.78, 5) is 11.0. The van der Waals surface area contributed by atoms with E-state index in [1.807, 2.05) is 6.07 Å². The SMILES string of the molecule is COC(=O)c1cc(S(=O)(=O)Nc2ccc(CC#N)cc2)c(F)cc1Br. The summed E-state index contributed by atoms with van der Waals surface area (Å²) in [6.45, 7) is 0. The topological polar surface area (TPSA) is 96.3 Å². The summed E-state index contributed by atoms with van der Waals surface area (Å²) in [7, 11) is -3.14. The number of methoxy groups -OCH3 is 1. The van der Waals surface area contributed by atoms with Gasteiger partial charge in [0, 0.05) is 10.2 Å². The first kappa shape index (κ1) is 18.9. The summed E-state index contributed by atoms with van der Waals surface area (Å²) in [5.41, 5.74) is 0.797. The van der Waals surface area contributed by atoms with Crippen LogP contribution in [0.4, 0.5) is 10.1 Å². The minimum atomic E-state index is -4.27. The van der Waals surface area contributed by atoms with Crippen molar-refractivity contribution in [2.24, 2.45) is 0 Å². The van der Waals surface area contributed by atoms with E-state index in [0.29, 0.717) is 5.56 Å². The third kappa shape index (κ3) is 4.35. The van der Waals surface area contributed by atoms with Crippen LogP contribution >= 0.6 is 15.9 Å². The van der Waals surface area contributed by atoms with Gasteiger partial charge >= 0.3 is 5.97 Å². The van der Waals surface area contributed by atoms with E-state index < -0.39 is 26.7 Å². The second-order valence-corrected chi connectivity index (χ2v) is 7.40. The number of carbonyl (C=O) groups is 1. The molecule has 0 saturated heterocycles. The highest BCUT2D eigenvalue weighted by Gasteiger charge is 2.24. The van der Waals surface area contributed by atoms with Crippen LogP contribution in [-0.2, 0) is 21.2 Å². The zero-order chi connectivity index (χ0) is 18.6. The van der Waals surface area contributed by atoms with Crippen LogP contribution in [-0.4, -0.2) is 21.5 Å². The van der Waals surface area contributed by atoms with Crippen LogP contribution in [0.1, 0.15) is 15.9 Å². The Kier molecular flexibility index (Phi) is 5.77. The molecule has 9 heteroatoms. The summed E-state index contributed by atoms with van der Waals surface area (Å²) in [6.07, 6.45) is 0.191. The summed E-state index contributed by atoms with van der Waals surface area (Å²) in [6, 6.07) is 9.85. The number of esters is 1. The number of nitrogens with zero attached hydrogens (tertiary/aromatic N) is 1. The van der Waals surface area contributed by atoms with Crippen LogP contribution in [0.15, 0.2) is 45.8 Å². The zero-order valence-electron chi connectivity index (χ0n) is 12.9. The number of anilines is 1. The molecule has 0 aromatic heterocycles. The van der Waals surface area contributed by atoms with Gasteiger partial charge in [0.25, 0.3) is 10.0 Å². The van der Waals surface area contributed by atoms with E-state index in [0.717, 1.165) is 19.2 Å². The highest BCUT2D eigenvalue weighted by Crippen LogP contribution is 2.26. The molecule has 25 heavy (non-hydrogen) atoms. The number of sulfonamides is 1. The fourth-order valence-corrected chi connectivity index (χ4v) is 3.62. The molecule has 1 N–H and O–H groups in total. The van der Waals surface area contributed by atoms with Crippen molar-refractivity contribution in [1.82, 2.24) is 0 Å². The van der Waals surface area contributed by atoms with Gasteiger partial charge in [-0.1, -0.05) is 12.1 Å². The van der Waals surface area contributed by atoms with E-state index in [9.17, 15) is 17.6 Å². The molecular weight excluding hydrogens is 415 g/mol. The summed E-state index contributed by atoms with van der Waals surface area (Å²) >= 11 is 3.00. The predicted molar refractivity (Wildman–Crippen MR) is 92.0 cm³/mol. The standard InChI is InChI=1S/C16H12BrFN2O4S/c1-24-16(21)12-8-15(14(18)9-13(12)17)25(22,23)20-11-4-2-10(3-5-11)6-7-19/h2-5,8-9,20H,6H2,1H3. The lowest BCUT2D eigenvalue weighted by molar-refractivity contribution is 0.0599. The molecule has 0 bridgehead atoms. The van der Waals surface area contributed by atoms with Gasteiger partial charge in [0.15, 0.2) is 0 Å². The Labute approximate surface area is 152 Å². The van der Waals surface area contributed by atoms with Crippen molar-refractivity contribution in [2.45, 2.75) is 11.3 Å². The number of hydrogen-bond acceptors (Lipinski definition) is 5. The van der Waals surface area contributed by atoms with Crippen molar-refractivity contribution in [3.63, 3.8) is 0 Å². The molecule has 0 aliphatic carbocycles. The number of nitrogens with one attached hydrogen (secondary N) is 1. The van der Waals surface area contributed by atoms with Gasteiger partial charge in [0.2, 0.25) is 0 Å². The van der Waals surface area contributed by atoms with Crippen LogP contribution in [0.2, 0.25) is 0 Å². The minimum Gasteiger partial charge on any atom is -0.465 e. The Hall–Kier alpha value is -2.44. The van der Waals surface area contributed by atoms with Crippen LogP contribution in [0.25, 0.3) is 0 Å². The number of nitriles is 1. The van der Waals surface area contributed by atoms with Gasteiger partial charge in [-0.05, 0) is 45.8 Å². The van der Waals surface area contributed by atoms with Crippen molar-refractivity contribution in [2.75, 3.05) is 11.8 Å². The fourth-order valence-electron chi connectivity index (χ4n) is 1.99. The van der Waals surface area contributed by atoms with Gasteiger partial charge in [-0.25, -0.2) is 17.6 Å². The molecule has 0 aliphatic rings. The normalized spacial score (nSPS) is 10.8. The molecule has 2 aromatic rings. The maximum Gasteiger partial charge on any atom is 0.339 e. The van der Waals surface area contributed by atoms with Gasteiger partial charge < -0.3 is 4.74 Å². The average Bonchev–Trinajstić information content (AvgIpc) is 2.55. The van der Waals surface area contributed by atoms with E-state index in [2.05, 4.69) is 25.4 Å². The van der Waals surface area contributed by atoms with Crippen LogP contribution in [0, 0.1) is 17.1 Å². The highest BCUT2D eigenvalue weighted by atomic mass is 79.9. The predicted octanol–water partition coefficient (Wildman–Crippen LogP) is 3.24. The summed E-state index contributed by atoms with van der Waals surface area (Å²) < 4.78 is 45.9. The number of hydrogen-bond donors (Lipinski definition) is 1. The van der Waals surface area contributed by atoms with Crippen molar-refractivity contribution >= 4 is 37.6 Å². The van der Waals surface area contributed by atoms with Gasteiger partial charge in [0.1, 0.15) is 10.7 Å². The zero-order valence-corrected chi connectivity index (χ0v) is 15.3. The highest BCUT2D eigenvalue weighted by molar-refractivity contribution is 9.10. The lowest BCUT2D eigenvalue weighted by Crippen LogP contribution is -2.16. The number of halogens is 2. The van der Waals surface area contributed by atoms with E-state index >= 15 is 0 Å². The maximum absolute atomic E-state index is 14.1. The van der Waals surface area contributed by atoms with Gasteiger partial charge in [0.05, 0.1) is 25.2 Å². The summed E-state index contributed by atoms with van der Waals surface area (Å²) in [5.74, 6) is -1.82. The second kappa shape index (κ2) is 7.63. The smallest absolute Gasteiger partial charge is 0.339 e. The molecule has 0 fully saturated rings. The van der Waals surface area contributed by atoms with Crippen molar-refractivity contribution in [1.29, 1.82) is 5.26 Å². The lowest BCUT2D eigenvalue weighted by atomic mass is 10.1. The summed E-state index contributed by atoms with van der Waals surface area (Å²) in [5, 5.41) is 8.62. The molecule has 130 valence electrons. The van der Waals surface area contributed by atoms with Crippen LogP contribution in [0.3, 0.4) is 0 Å². The third-order valence-electron chi connectivity index (χ3n) is 3.21. The molecule has 2 rings (SSSR count). The molecule has 0 spiro atoms. The number of rotatable bonds is 5. The Bertz CT molecular complexity index is 953. The molecular formula is C16H12BrFN2O4S. The number of carbonyl (C=O) groups excluding carboxylic acids is 1. The molecule has 6 nitrogen and oxygen atoms in total. The van der Waals surface area contributed by atoms with Crippen molar-refractivity contribution in [3.05, 3.63) is 57.8 Å². The first-order valence-electron chi connectivity index (χ1n) is 6.84. The fraction of sp³-hybridized carbons (Fsp3) is 0.125. The van der Waals surface area contributed by atoms with Gasteiger partial charge in [-0.3, -0.25) is 4.72 Å². The van der Waals surface area contributed by atoms with E-state index in [-0.39, 0.29) is 22.1 Å². The minimum absolute atomic E-state index is 0.0802. The molecule has 0 unspecified atom stereocenters. The molecule has 0 atom stereocenters.